The van der Waals surface area contributed by atoms with Crippen LogP contribution in [-0.2, 0) is 11.0 Å². The predicted molar refractivity (Wildman–Crippen MR) is 96.7 cm³/mol. The standard InChI is InChI=1S/C20H19ClF3NO2/c21-17-9-5-14(6-10-17)18(25-11-1-2-15(12-25)19(26)27)13-3-7-16(8-4-13)20(22,23)24/h3-10,15,18H,1-2,11-12H2,(H,26,27). The molecule has 3 rings (SSSR count). The summed E-state index contributed by atoms with van der Waals surface area (Å²) >= 11 is 5.97. The van der Waals surface area contributed by atoms with E-state index in [0.717, 1.165) is 24.1 Å². The number of nitrogens with zero attached hydrogens (tertiary/aromatic N) is 1. The first-order chi connectivity index (χ1) is 12.8. The Morgan fingerprint density at radius 2 is 1.63 bits per heavy atom. The van der Waals surface area contributed by atoms with E-state index in [-0.39, 0.29) is 6.04 Å². The third-order valence-corrected chi connectivity index (χ3v) is 5.16. The average molecular weight is 398 g/mol. The Labute approximate surface area is 160 Å². The van der Waals surface area contributed by atoms with Crippen LogP contribution in [0.15, 0.2) is 48.5 Å². The fourth-order valence-electron chi connectivity index (χ4n) is 3.56. The van der Waals surface area contributed by atoms with E-state index in [9.17, 15) is 23.1 Å². The Kier molecular flexibility index (Phi) is 5.77. The predicted octanol–water partition coefficient (Wildman–Crippen LogP) is 5.24. The number of carboxylic acid groups (broad SMARTS) is 1. The van der Waals surface area contributed by atoms with E-state index in [2.05, 4.69) is 0 Å². The maximum Gasteiger partial charge on any atom is 0.416 e. The normalized spacial score (nSPS) is 19.6. The van der Waals surface area contributed by atoms with Crippen LogP contribution in [0.2, 0.25) is 5.02 Å². The van der Waals surface area contributed by atoms with Crippen molar-refractivity contribution in [1.29, 1.82) is 0 Å². The van der Waals surface area contributed by atoms with Crippen molar-refractivity contribution in [3.05, 3.63) is 70.2 Å². The Bertz CT molecular complexity index is 790. The molecule has 2 unspecified atom stereocenters. The number of likely N-dealkylation sites (tertiary alicyclic amines) is 1. The molecule has 7 heteroatoms. The van der Waals surface area contributed by atoms with Crippen LogP contribution in [-0.4, -0.2) is 29.1 Å². The minimum Gasteiger partial charge on any atom is -0.481 e. The quantitative estimate of drug-likeness (QED) is 0.766. The number of alkyl halides is 3. The Morgan fingerprint density at radius 3 is 2.15 bits per heavy atom. The van der Waals surface area contributed by atoms with Gasteiger partial charge in [-0.2, -0.15) is 13.2 Å². The van der Waals surface area contributed by atoms with Gasteiger partial charge in [0.25, 0.3) is 0 Å². The molecule has 3 nitrogen and oxygen atoms in total. The number of hydrogen-bond acceptors (Lipinski definition) is 2. The highest BCUT2D eigenvalue weighted by molar-refractivity contribution is 6.30. The van der Waals surface area contributed by atoms with Crippen LogP contribution in [0.4, 0.5) is 13.2 Å². The summed E-state index contributed by atoms with van der Waals surface area (Å²) in [5.41, 5.74) is 0.852. The van der Waals surface area contributed by atoms with Gasteiger partial charge >= 0.3 is 12.1 Å². The van der Waals surface area contributed by atoms with Gasteiger partial charge in [-0.3, -0.25) is 9.69 Å². The fourth-order valence-corrected chi connectivity index (χ4v) is 3.68. The zero-order valence-electron chi connectivity index (χ0n) is 14.4. The van der Waals surface area contributed by atoms with Crippen molar-refractivity contribution in [2.45, 2.75) is 25.1 Å². The molecule has 0 aliphatic carbocycles. The van der Waals surface area contributed by atoms with Gasteiger partial charge in [0.05, 0.1) is 17.5 Å². The molecular formula is C20H19ClF3NO2. The molecule has 2 aromatic carbocycles. The summed E-state index contributed by atoms with van der Waals surface area (Å²) in [6, 6.07) is 11.8. The van der Waals surface area contributed by atoms with E-state index in [0.29, 0.717) is 30.1 Å². The molecular weight excluding hydrogens is 379 g/mol. The number of benzene rings is 2. The van der Waals surface area contributed by atoms with E-state index in [1.807, 2.05) is 17.0 Å². The lowest BCUT2D eigenvalue weighted by Gasteiger charge is -2.37. The first kappa shape index (κ1) is 19.7. The van der Waals surface area contributed by atoms with E-state index in [4.69, 9.17) is 11.6 Å². The second-order valence-corrected chi connectivity index (χ2v) is 7.18. The summed E-state index contributed by atoms with van der Waals surface area (Å²) in [7, 11) is 0. The van der Waals surface area contributed by atoms with Crippen LogP contribution < -0.4 is 0 Å². The molecule has 1 fully saturated rings. The summed E-state index contributed by atoms with van der Waals surface area (Å²) in [5, 5.41) is 9.93. The van der Waals surface area contributed by atoms with Gasteiger partial charge in [-0.15, -0.1) is 0 Å². The highest BCUT2D eigenvalue weighted by Crippen LogP contribution is 2.35. The van der Waals surface area contributed by atoms with Crippen LogP contribution in [0.1, 0.15) is 35.6 Å². The van der Waals surface area contributed by atoms with Gasteiger partial charge in [-0.25, -0.2) is 0 Å². The van der Waals surface area contributed by atoms with Crippen LogP contribution in [0.25, 0.3) is 0 Å². The van der Waals surface area contributed by atoms with Crippen LogP contribution >= 0.6 is 11.6 Å². The number of piperidine rings is 1. The van der Waals surface area contributed by atoms with E-state index < -0.39 is 23.6 Å². The van der Waals surface area contributed by atoms with Crippen LogP contribution in [0.3, 0.4) is 0 Å². The lowest BCUT2D eigenvalue weighted by molar-refractivity contribution is -0.144. The Morgan fingerprint density at radius 1 is 1.07 bits per heavy atom. The van der Waals surface area contributed by atoms with Crippen molar-refractivity contribution in [1.82, 2.24) is 4.90 Å². The summed E-state index contributed by atoms with van der Waals surface area (Å²) in [4.78, 5) is 13.4. The molecule has 27 heavy (non-hydrogen) atoms. The van der Waals surface area contributed by atoms with E-state index in [1.54, 1.807) is 12.1 Å². The minimum atomic E-state index is -4.40. The minimum absolute atomic E-state index is 0.327. The summed E-state index contributed by atoms with van der Waals surface area (Å²) in [6.45, 7) is 1.03. The average Bonchev–Trinajstić information content (AvgIpc) is 2.63. The topological polar surface area (TPSA) is 40.5 Å². The highest BCUT2D eigenvalue weighted by atomic mass is 35.5. The molecule has 1 aliphatic heterocycles. The monoisotopic (exact) mass is 397 g/mol. The van der Waals surface area contributed by atoms with Gasteiger partial charge < -0.3 is 5.11 Å². The van der Waals surface area contributed by atoms with Gasteiger partial charge in [0.2, 0.25) is 0 Å². The van der Waals surface area contributed by atoms with Crippen molar-refractivity contribution >= 4 is 17.6 Å². The molecule has 0 bridgehead atoms. The number of carbonyl (C=O) groups is 1. The molecule has 0 aromatic heterocycles. The van der Waals surface area contributed by atoms with Gasteiger partial charge in [0, 0.05) is 11.6 Å². The molecule has 1 heterocycles. The van der Waals surface area contributed by atoms with E-state index in [1.165, 1.54) is 12.1 Å². The molecule has 0 saturated carbocycles. The number of halogens is 4. The maximum atomic E-state index is 12.9. The molecule has 1 N–H and O–H groups in total. The maximum absolute atomic E-state index is 12.9. The van der Waals surface area contributed by atoms with E-state index >= 15 is 0 Å². The van der Waals surface area contributed by atoms with Gasteiger partial charge in [0.15, 0.2) is 0 Å². The largest absolute Gasteiger partial charge is 0.481 e. The zero-order valence-corrected chi connectivity index (χ0v) is 15.2. The van der Waals surface area contributed by atoms with Crippen molar-refractivity contribution in [2.75, 3.05) is 13.1 Å². The van der Waals surface area contributed by atoms with Crippen molar-refractivity contribution in [3.8, 4) is 0 Å². The van der Waals surface area contributed by atoms with Crippen molar-refractivity contribution in [3.63, 3.8) is 0 Å². The van der Waals surface area contributed by atoms with Crippen LogP contribution in [0, 0.1) is 5.92 Å². The highest BCUT2D eigenvalue weighted by Gasteiger charge is 2.33. The Hall–Kier alpha value is -2.05. The van der Waals surface area contributed by atoms with Gasteiger partial charge in [0.1, 0.15) is 0 Å². The van der Waals surface area contributed by atoms with Crippen molar-refractivity contribution in [2.24, 2.45) is 5.92 Å². The number of hydrogen-bond donors (Lipinski definition) is 1. The number of aliphatic carboxylic acids is 1. The summed E-state index contributed by atoms with van der Waals surface area (Å²) < 4.78 is 38.7. The SMILES string of the molecule is O=C(O)C1CCCN(C(c2ccc(Cl)cc2)c2ccc(C(F)(F)F)cc2)C1. The smallest absolute Gasteiger partial charge is 0.416 e. The molecule has 0 amide bonds. The molecule has 1 saturated heterocycles. The second kappa shape index (κ2) is 7.90. The lowest BCUT2D eigenvalue weighted by atomic mass is 9.91. The lowest BCUT2D eigenvalue weighted by Crippen LogP contribution is -2.41. The molecule has 2 atom stereocenters. The molecule has 0 radical (unpaired) electrons. The molecule has 144 valence electrons. The number of rotatable bonds is 4. The molecule has 0 spiro atoms. The first-order valence-corrected chi connectivity index (χ1v) is 9.03. The third kappa shape index (κ3) is 4.62. The van der Waals surface area contributed by atoms with Crippen molar-refractivity contribution < 1.29 is 23.1 Å². The van der Waals surface area contributed by atoms with Gasteiger partial charge in [-0.1, -0.05) is 35.9 Å². The first-order valence-electron chi connectivity index (χ1n) is 8.65. The van der Waals surface area contributed by atoms with Crippen LogP contribution in [0.5, 0.6) is 0 Å². The van der Waals surface area contributed by atoms with Gasteiger partial charge in [-0.05, 0) is 54.8 Å². The summed E-state index contributed by atoms with van der Waals surface area (Å²) in [6.07, 6.45) is -3.07. The molecule has 2 aromatic rings. The second-order valence-electron chi connectivity index (χ2n) is 6.75. The molecule has 1 aliphatic rings. The Balaban J connectivity index is 1.97. The third-order valence-electron chi connectivity index (χ3n) is 4.91. The zero-order chi connectivity index (χ0) is 19.6. The summed E-state index contributed by atoms with van der Waals surface area (Å²) in [5.74, 6) is -1.33. The number of carboxylic acids is 1. The fraction of sp³-hybridized carbons (Fsp3) is 0.350.